The Bertz CT molecular complexity index is 322. The Kier molecular flexibility index (Phi) is 3.05. The molecule has 1 atom stereocenters. The van der Waals surface area contributed by atoms with Crippen molar-refractivity contribution in [3.63, 3.8) is 0 Å². The van der Waals surface area contributed by atoms with Crippen molar-refractivity contribution < 1.29 is 19.2 Å². The van der Waals surface area contributed by atoms with Gasteiger partial charge in [0.25, 0.3) is 0 Å². The van der Waals surface area contributed by atoms with Crippen LogP contribution in [0.4, 0.5) is 10.6 Å². The Morgan fingerprint density at radius 1 is 1.64 bits per heavy atom. The summed E-state index contributed by atoms with van der Waals surface area (Å²) in [4.78, 5) is 21.4. The van der Waals surface area contributed by atoms with E-state index in [1.807, 2.05) is 0 Å². The van der Waals surface area contributed by atoms with Crippen molar-refractivity contribution in [1.82, 2.24) is 10.5 Å². The summed E-state index contributed by atoms with van der Waals surface area (Å²) in [7, 11) is 0. The summed E-state index contributed by atoms with van der Waals surface area (Å²) < 4.78 is 4.46. The van der Waals surface area contributed by atoms with Crippen molar-refractivity contribution in [1.29, 1.82) is 0 Å². The zero-order valence-electron chi connectivity index (χ0n) is 7.35. The van der Waals surface area contributed by atoms with Crippen molar-refractivity contribution in [3.8, 4) is 0 Å². The molecule has 14 heavy (non-hydrogen) atoms. The number of aromatic nitrogens is 1. The maximum absolute atomic E-state index is 11.1. The lowest BCUT2D eigenvalue weighted by Gasteiger charge is -2.08. The molecule has 0 radical (unpaired) electrons. The molecule has 1 unspecified atom stereocenters. The van der Waals surface area contributed by atoms with E-state index in [2.05, 4.69) is 20.3 Å². The minimum absolute atomic E-state index is 0.222. The number of carboxylic acids is 1. The van der Waals surface area contributed by atoms with Crippen LogP contribution in [0.25, 0.3) is 0 Å². The van der Waals surface area contributed by atoms with E-state index in [9.17, 15) is 9.59 Å². The molecule has 1 aromatic rings. The SMILES string of the molecule is CC(NC(=O)Nc1ccon1)C(=O)O. The number of nitrogens with zero attached hydrogens (tertiary/aromatic N) is 1. The number of hydrogen-bond donors (Lipinski definition) is 3. The van der Waals surface area contributed by atoms with Gasteiger partial charge in [0, 0.05) is 6.07 Å². The second kappa shape index (κ2) is 4.26. The zero-order chi connectivity index (χ0) is 10.6. The van der Waals surface area contributed by atoms with Gasteiger partial charge in [-0.05, 0) is 6.92 Å². The van der Waals surface area contributed by atoms with Crippen LogP contribution in [0.2, 0.25) is 0 Å². The molecule has 7 heteroatoms. The van der Waals surface area contributed by atoms with Gasteiger partial charge in [0.2, 0.25) is 0 Å². The van der Waals surface area contributed by atoms with Gasteiger partial charge in [0.15, 0.2) is 5.82 Å². The minimum atomic E-state index is -1.11. The molecular formula is C7H9N3O4. The Labute approximate surface area is 79.1 Å². The van der Waals surface area contributed by atoms with Crippen molar-refractivity contribution in [2.45, 2.75) is 13.0 Å². The first-order valence-electron chi connectivity index (χ1n) is 3.80. The van der Waals surface area contributed by atoms with Crippen LogP contribution in [0.1, 0.15) is 6.92 Å². The fourth-order valence-corrected chi connectivity index (χ4v) is 0.688. The first-order chi connectivity index (χ1) is 6.59. The molecule has 1 heterocycles. The Morgan fingerprint density at radius 2 is 2.36 bits per heavy atom. The quantitative estimate of drug-likeness (QED) is 0.648. The number of urea groups is 1. The molecule has 0 aromatic carbocycles. The van der Waals surface area contributed by atoms with E-state index < -0.39 is 18.0 Å². The number of nitrogens with one attached hydrogen (secondary N) is 2. The summed E-state index contributed by atoms with van der Waals surface area (Å²) in [5.41, 5.74) is 0. The Morgan fingerprint density at radius 3 is 2.86 bits per heavy atom. The molecule has 0 saturated carbocycles. The van der Waals surface area contributed by atoms with E-state index in [1.54, 1.807) is 0 Å². The number of amides is 2. The van der Waals surface area contributed by atoms with Crippen molar-refractivity contribution in [3.05, 3.63) is 12.3 Å². The summed E-state index contributed by atoms with van der Waals surface area (Å²) in [6.07, 6.45) is 1.29. The van der Waals surface area contributed by atoms with Gasteiger partial charge in [-0.1, -0.05) is 5.16 Å². The van der Waals surface area contributed by atoms with Crippen LogP contribution in [-0.2, 0) is 4.79 Å². The first-order valence-corrected chi connectivity index (χ1v) is 3.80. The van der Waals surface area contributed by atoms with Gasteiger partial charge in [-0.25, -0.2) is 4.79 Å². The Hall–Kier alpha value is -2.05. The summed E-state index contributed by atoms with van der Waals surface area (Å²) in [6.45, 7) is 1.35. The maximum Gasteiger partial charge on any atom is 0.325 e. The second-order valence-electron chi connectivity index (χ2n) is 2.54. The van der Waals surface area contributed by atoms with E-state index in [0.29, 0.717) is 0 Å². The number of aliphatic carboxylic acids is 1. The molecular weight excluding hydrogens is 190 g/mol. The highest BCUT2D eigenvalue weighted by Crippen LogP contribution is 2.00. The second-order valence-corrected chi connectivity index (χ2v) is 2.54. The van der Waals surface area contributed by atoms with Gasteiger partial charge in [0.1, 0.15) is 12.3 Å². The van der Waals surface area contributed by atoms with Crippen molar-refractivity contribution in [2.75, 3.05) is 5.32 Å². The molecule has 0 bridgehead atoms. The summed E-state index contributed by atoms with van der Waals surface area (Å²) in [5.74, 6) is -0.889. The number of anilines is 1. The van der Waals surface area contributed by atoms with Crippen LogP contribution in [0, 0.1) is 0 Å². The topological polar surface area (TPSA) is 104 Å². The van der Waals surface area contributed by atoms with Crippen LogP contribution in [0.5, 0.6) is 0 Å². The molecule has 0 aliphatic rings. The van der Waals surface area contributed by atoms with E-state index in [-0.39, 0.29) is 5.82 Å². The molecule has 0 aliphatic carbocycles. The fourth-order valence-electron chi connectivity index (χ4n) is 0.688. The molecule has 0 saturated heterocycles. The van der Waals surface area contributed by atoms with Crippen LogP contribution in [0.15, 0.2) is 16.9 Å². The molecule has 0 fully saturated rings. The summed E-state index contributed by atoms with van der Waals surface area (Å²) >= 11 is 0. The zero-order valence-corrected chi connectivity index (χ0v) is 7.35. The van der Waals surface area contributed by atoms with Gasteiger partial charge < -0.3 is 14.9 Å². The predicted octanol–water partition coefficient (Wildman–Crippen LogP) is 0.269. The Balaban J connectivity index is 2.40. The van der Waals surface area contributed by atoms with Gasteiger partial charge in [-0.15, -0.1) is 0 Å². The van der Waals surface area contributed by atoms with Gasteiger partial charge >= 0.3 is 12.0 Å². The lowest BCUT2D eigenvalue weighted by molar-refractivity contribution is -0.138. The van der Waals surface area contributed by atoms with E-state index >= 15 is 0 Å². The summed E-state index contributed by atoms with van der Waals surface area (Å²) in [5, 5.41) is 16.4. The lowest BCUT2D eigenvalue weighted by Crippen LogP contribution is -2.40. The maximum atomic E-state index is 11.1. The lowest BCUT2D eigenvalue weighted by atomic mass is 10.3. The molecule has 0 aliphatic heterocycles. The van der Waals surface area contributed by atoms with Crippen molar-refractivity contribution >= 4 is 17.8 Å². The highest BCUT2D eigenvalue weighted by molar-refractivity contribution is 5.91. The molecule has 3 N–H and O–H groups in total. The number of hydrogen-bond acceptors (Lipinski definition) is 4. The molecule has 1 rings (SSSR count). The standard InChI is InChI=1S/C7H9N3O4/c1-4(6(11)12)8-7(13)9-5-2-3-14-10-5/h2-4H,1H3,(H,11,12)(H2,8,9,10,13). The first kappa shape index (κ1) is 10.0. The molecule has 0 spiro atoms. The van der Waals surface area contributed by atoms with Gasteiger partial charge in [-0.3, -0.25) is 10.1 Å². The van der Waals surface area contributed by atoms with Crippen LogP contribution < -0.4 is 10.6 Å². The summed E-state index contributed by atoms with van der Waals surface area (Å²) in [6, 6.07) is -0.166. The van der Waals surface area contributed by atoms with Crippen molar-refractivity contribution in [2.24, 2.45) is 0 Å². The van der Waals surface area contributed by atoms with Crippen LogP contribution >= 0.6 is 0 Å². The molecule has 2 amide bonds. The number of carbonyl (C=O) groups is 2. The number of rotatable bonds is 3. The van der Waals surface area contributed by atoms with Gasteiger partial charge in [-0.2, -0.15) is 0 Å². The number of carbonyl (C=O) groups excluding carboxylic acids is 1. The van der Waals surface area contributed by atoms with Crippen LogP contribution in [-0.4, -0.2) is 28.3 Å². The normalized spacial score (nSPS) is 11.8. The smallest absolute Gasteiger partial charge is 0.325 e. The minimum Gasteiger partial charge on any atom is -0.480 e. The number of carboxylic acid groups (broad SMARTS) is 1. The molecule has 1 aromatic heterocycles. The predicted molar refractivity (Wildman–Crippen MR) is 45.8 cm³/mol. The fraction of sp³-hybridized carbons (Fsp3) is 0.286. The average Bonchev–Trinajstić information content (AvgIpc) is 2.56. The third-order valence-electron chi connectivity index (χ3n) is 1.40. The van der Waals surface area contributed by atoms with E-state index in [1.165, 1.54) is 19.3 Å². The highest BCUT2D eigenvalue weighted by atomic mass is 16.5. The average molecular weight is 199 g/mol. The molecule has 76 valence electrons. The largest absolute Gasteiger partial charge is 0.480 e. The third-order valence-corrected chi connectivity index (χ3v) is 1.40. The highest BCUT2D eigenvalue weighted by Gasteiger charge is 2.14. The monoisotopic (exact) mass is 199 g/mol. The third kappa shape index (κ3) is 2.77. The van der Waals surface area contributed by atoms with E-state index in [4.69, 9.17) is 5.11 Å². The van der Waals surface area contributed by atoms with Crippen LogP contribution in [0.3, 0.4) is 0 Å². The van der Waals surface area contributed by atoms with Gasteiger partial charge in [0.05, 0.1) is 0 Å². The van der Waals surface area contributed by atoms with E-state index in [0.717, 1.165) is 0 Å². The molecule has 7 nitrogen and oxygen atoms in total.